The summed E-state index contributed by atoms with van der Waals surface area (Å²) in [6.07, 6.45) is 0. The largest absolute Gasteiger partial charge is 0.661 e. The van der Waals surface area contributed by atoms with Crippen LogP contribution in [0.5, 0.6) is 0 Å². The molecule has 0 bridgehead atoms. The smallest absolute Gasteiger partial charge is 0.307 e. The molecule has 0 aromatic heterocycles. The number of carbonyl (C=O) groups excluding carboxylic acids is 1. The quantitative estimate of drug-likeness (QED) is 0.508. The highest BCUT2D eigenvalue weighted by Gasteiger charge is 2.23. The van der Waals surface area contributed by atoms with E-state index in [9.17, 15) is 4.79 Å². The van der Waals surface area contributed by atoms with Crippen LogP contribution in [-0.4, -0.2) is 26.2 Å². The summed E-state index contributed by atoms with van der Waals surface area (Å²) < 4.78 is 4.61. The maximum atomic E-state index is 10.9. The summed E-state index contributed by atoms with van der Waals surface area (Å²) >= 11 is 0. The third-order valence-electron chi connectivity index (χ3n) is 1.93. The molecule has 0 spiro atoms. The molecule has 1 fully saturated rings. The number of ether oxygens (including phenoxy) is 1. The van der Waals surface area contributed by atoms with Crippen LogP contribution in [0, 0.1) is 11.8 Å². The molecule has 1 saturated heterocycles. The highest BCUT2D eigenvalue weighted by atomic mass is 16.5. The van der Waals surface area contributed by atoms with Gasteiger partial charge in [0.2, 0.25) is 0 Å². The van der Waals surface area contributed by atoms with E-state index in [-0.39, 0.29) is 11.9 Å². The minimum atomic E-state index is -0.117. The SMILES string of the molecule is COC(=O)[C@@H]1C[N-]C[C@H]1C. The monoisotopic (exact) mass is 142 g/mol. The third-order valence-corrected chi connectivity index (χ3v) is 1.93. The summed E-state index contributed by atoms with van der Waals surface area (Å²) in [6, 6.07) is 0. The summed E-state index contributed by atoms with van der Waals surface area (Å²) in [5.74, 6) is 0.270. The van der Waals surface area contributed by atoms with Gasteiger partial charge in [0.15, 0.2) is 0 Å². The zero-order valence-corrected chi connectivity index (χ0v) is 6.33. The van der Waals surface area contributed by atoms with Gasteiger partial charge in [-0.05, 0) is 0 Å². The Morgan fingerprint density at radius 3 is 2.70 bits per heavy atom. The molecular weight excluding hydrogens is 130 g/mol. The molecule has 3 heteroatoms. The molecule has 0 unspecified atom stereocenters. The topological polar surface area (TPSA) is 40.4 Å². The van der Waals surface area contributed by atoms with E-state index in [2.05, 4.69) is 10.1 Å². The minimum absolute atomic E-state index is 0.0185. The van der Waals surface area contributed by atoms with Gasteiger partial charge in [0.05, 0.1) is 7.11 Å². The molecule has 0 radical (unpaired) electrons. The van der Waals surface area contributed by atoms with Gasteiger partial charge in [-0.3, -0.25) is 4.79 Å². The second-order valence-corrected chi connectivity index (χ2v) is 2.70. The van der Waals surface area contributed by atoms with Crippen molar-refractivity contribution in [1.82, 2.24) is 0 Å². The first-order valence-electron chi connectivity index (χ1n) is 3.46. The lowest BCUT2D eigenvalue weighted by Crippen LogP contribution is -2.21. The Balaban J connectivity index is 2.46. The van der Waals surface area contributed by atoms with Crippen molar-refractivity contribution in [2.24, 2.45) is 11.8 Å². The van der Waals surface area contributed by atoms with Crippen molar-refractivity contribution in [3.63, 3.8) is 0 Å². The van der Waals surface area contributed by atoms with E-state index < -0.39 is 0 Å². The Bertz CT molecular complexity index is 136. The Hall–Kier alpha value is -0.570. The van der Waals surface area contributed by atoms with Crippen molar-refractivity contribution in [3.05, 3.63) is 5.32 Å². The van der Waals surface area contributed by atoms with Crippen LogP contribution in [-0.2, 0) is 9.53 Å². The van der Waals surface area contributed by atoms with E-state index in [0.29, 0.717) is 12.5 Å². The Morgan fingerprint density at radius 1 is 1.60 bits per heavy atom. The molecule has 0 amide bonds. The van der Waals surface area contributed by atoms with Gasteiger partial charge in [-0.25, -0.2) is 0 Å². The lowest BCUT2D eigenvalue weighted by atomic mass is 9.99. The highest BCUT2D eigenvalue weighted by molar-refractivity contribution is 5.73. The minimum Gasteiger partial charge on any atom is -0.661 e. The van der Waals surface area contributed by atoms with E-state index >= 15 is 0 Å². The third kappa shape index (κ3) is 1.29. The maximum absolute atomic E-state index is 10.9. The molecule has 1 rings (SSSR count). The van der Waals surface area contributed by atoms with Gasteiger partial charge in [-0.1, -0.05) is 12.8 Å². The lowest BCUT2D eigenvalue weighted by molar-refractivity contribution is -0.145. The molecule has 0 aromatic carbocycles. The number of hydrogen-bond acceptors (Lipinski definition) is 2. The number of hydrogen-bond donors (Lipinski definition) is 0. The average Bonchev–Trinajstić information content (AvgIpc) is 2.34. The number of rotatable bonds is 1. The van der Waals surface area contributed by atoms with Crippen molar-refractivity contribution in [1.29, 1.82) is 0 Å². The van der Waals surface area contributed by atoms with E-state index in [4.69, 9.17) is 0 Å². The summed E-state index contributed by atoms with van der Waals surface area (Å²) in [5.41, 5.74) is 0. The van der Waals surface area contributed by atoms with Crippen molar-refractivity contribution >= 4 is 5.97 Å². The molecule has 0 aliphatic carbocycles. The second kappa shape index (κ2) is 3.01. The van der Waals surface area contributed by atoms with Crippen molar-refractivity contribution in [2.75, 3.05) is 20.2 Å². The number of nitrogens with zero attached hydrogens (tertiary/aromatic N) is 1. The molecule has 1 aliphatic heterocycles. The first kappa shape index (κ1) is 7.54. The van der Waals surface area contributed by atoms with Crippen LogP contribution < -0.4 is 0 Å². The molecule has 2 atom stereocenters. The van der Waals surface area contributed by atoms with E-state index in [0.717, 1.165) is 6.54 Å². The predicted molar refractivity (Wildman–Crippen MR) is 37.8 cm³/mol. The fraction of sp³-hybridized carbons (Fsp3) is 0.857. The van der Waals surface area contributed by atoms with Gasteiger partial charge in [0, 0.05) is 5.92 Å². The van der Waals surface area contributed by atoms with Gasteiger partial charge in [-0.2, -0.15) is 0 Å². The van der Waals surface area contributed by atoms with Crippen LogP contribution in [0.25, 0.3) is 5.32 Å². The van der Waals surface area contributed by atoms with Crippen LogP contribution in [0.2, 0.25) is 0 Å². The van der Waals surface area contributed by atoms with Gasteiger partial charge in [0.1, 0.15) is 0 Å². The zero-order valence-electron chi connectivity index (χ0n) is 6.33. The summed E-state index contributed by atoms with van der Waals surface area (Å²) in [7, 11) is 1.42. The summed E-state index contributed by atoms with van der Waals surface area (Å²) in [6.45, 7) is 3.48. The number of carbonyl (C=O) groups is 1. The fourth-order valence-electron chi connectivity index (χ4n) is 1.18. The van der Waals surface area contributed by atoms with Crippen LogP contribution in [0.4, 0.5) is 0 Å². The zero-order chi connectivity index (χ0) is 7.56. The van der Waals surface area contributed by atoms with Crippen LogP contribution in [0.15, 0.2) is 0 Å². The first-order chi connectivity index (χ1) is 4.75. The lowest BCUT2D eigenvalue weighted by Gasteiger charge is -2.13. The summed E-state index contributed by atoms with van der Waals surface area (Å²) in [5, 5.41) is 4.11. The number of esters is 1. The molecule has 0 aromatic rings. The Kier molecular flexibility index (Phi) is 2.27. The second-order valence-electron chi connectivity index (χ2n) is 2.70. The standard InChI is InChI=1S/C7H12NO2/c1-5-3-8-4-6(5)7(9)10-2/h5-6H,3-4H2,1-2H3/q-1/t5-,6-/m1/s1. The number of methoxy groups -OCH3 is 1. The maximum Gasteiger partial charge on any atom is 0.307 e. The van der Waals surface area contributed by atoms with Crippen LogP contribution in [0.3, 0.4) is 0 Å². The normalized spacial score (nSPS) is 32.2. The van der Waals surface area contributed by atoms with E-state index in [1.54, 1.807) is 0 Å². The molecule has 10 heavy (non-hydrogen) atoms. The van der Waals surface area contributed by atoms with Crippen molar-refractivity contribution < 1.29 is 9.53 Å². The van der Waals surface area contributed by atoms with Crippen LogP contribution >= 0.6 is 0 Å². The van der Waals surface area contributed by atoms with Crippen molar-refractivity contribution in [3.8, 4) is 0 Å². The van der Waals surface area contributed by atoms with Gasteiger partial charge < -0.3 is 10.1 Å². The molecule has 0 saturated carbocycles. The van der Waals surface area contributed by atoms with Crippen LogP contribution in [0.1, 0.15) is 6.92 Å². The predicted octanol–water partition coefficient (Wildman–Crippen LogP) is 0.799. The van der Waals surface area contributed by atoms with Gasteiger partial charge >= 0.3 is 5.97 Å². The molecular formula is C7H12NO2-. The molecule has 58 valence electrons. The van der Waals surface area contributed by atoms with Gasteiger partial charge in [-0.15, -0.1) is 13.1 Å². The van der Waals surface area contributed by atoms with E-state index in [1.807, 2.05) is 6.92 Å². The van der Waals surface area contributed by atoms with Gasteiger partial charge in [0.25, 0.3) is 0 Å². The first-order valence-corrected chi connectivity index (χ1v) is 3.46. The Morgan fingerprint density at radius 2 is 2.30 bits per heavy atom. The molecule has 0 N–H and O–H groups in total. The molecule has 3 nitrogen and oxygen atoms in total. The van der Waals surface area contributed by atoms with E-state index in [1.165, 1.54) is 7.11 Å². The Labute approximate surface area is 60.7 Å². The van der Waals surface area contributed by atoms with Crippen molar-refractivity contribution in [2.45, 2.75) is 6.92 Å². The molecule has 1 aliphatic rings. The average molecular weight is 142 g/mol. The summed E-state index contributed by atoms with van der Waals surface area (Å²) in [4.78, 5) is 10.9. The molecule has 1 heterocycles. The fourth-order valence-corrected chi connectivity index (χ4v) is 1.18. The highest BCUT2D eigenvalue weighted by Crippen LogP contribution is 2.24.